The first-order valence-electron chi connectivity index (χ1n) is 5.77. The third-order valence-electron chi connectivity index (χ3n) is 2.78. The molecule has 1 nitrogen and oxygen atoms in total. The van der Waals surface area contributed by atoms with Crippen LogP contribution in [0.1, 0.15) is 37.9 Å². The van der Waals surface area contributed by atoms with Crippen LogP contribution in [-0.4, -0.2) is 6.10 Å². The van der Waals surface area contributed by atoms with Crippen molar-refractivity contribution < 1.29 is 4.74 Å². The summed E-state index contributed by atoms with van der Waals surface area (Å²) in [4.78, 5) is 0. The molecule has 0 fully saturated rings. The molecule has 1 heteroatoms. The van der Waals surface area contributed by atoms with Gasteiger partial charge in [0.2, 0.25) is 0 Å². The molecule has 15 heavy (non-hydrogen) atoms. The van der Waals surface area contributed by atoms with E-state index in [2.05, 4.69) is 43.3 Å². The summed E-state index contributed by atoms with van der Waals surface area (Å²) in [5.41, 5.74) is 1.29. The molecule has 0 saturated heterocycles. The largest absolute Gasteiger partial charge is 0.366 e. The van der Waals surface area contributed by atoms with E-state index in [0.717, 1.165) is 12.8 Å². The summed E-state index contributed by atoms with van der Waals surface area (Å²) in [6.45, 7) is 2.20. The maximum absolute atomic E-state index is 6.03. The minimum atomic E-state index is 0.257. The van der Waals surface area contributed by atoms with Gasteiger partial charge in [0, 0.05) is 0 Å². The average Bonchev–Trinajstić information content (AvgIpc) is 2.31. The van der Waals surface area contributed by atoms with Gasteiger partial charge >= 0.3 is 0 Å². The molecule has 1 aliphatic rings. The van der Waals surface area contributed by atoms with Crippen molar-refractivity contribution in [2.45, 2.75) is 38.4 Å². The van der Waals surface area contributed by atoms with Gasteiger partial charge < -0.3 is 4.74 Å². The van der Waals surface area contributed by atoms with Crippen molar-refractivity contribution in [1.82, 2.24) is 0 Å². The molecule has 2 rings (SSSR count). The summed E-state index contributed by atoms with van der Waals surface area (Å²) in [6.07, 6.45) is 8.33. The van der Waals surface area contributed by atoms with Gasteiger partial charge in [0.05, 0.1) is 12.2 Å². The highest BCUT2D eigenvalue weighted by molar-refractivity contribution is 5.19. The van der Waals surface area contributed by atoms with Crippen LogP contribution in [0.25, 0.3) is 0 Å². The van der Waals surface area contributed by atoms with Crippen molar-refractivity contribution >= 4 is 0 Å². The molecule has 1 aromatic carbocycles. The van der Waals surface area contributed by atoms with Crippen molar-refractivity contribution in [1.29, 1.82) is 0 Å². The molecule has 80 valence electrons. The molecular weight excluding hydrogens is 184 g/mol. The molecule has 0 unspecified atom stereocenters. The van der Waals surface area contributed by atoms with Gasteiger partial charge in [-0.2, -0.15) is 0 Å². The Morgan fingerprint density at radius 2 is 2.07 bits per heavy atom. The Morgan fingerprint density at radius 3 is 2.80 bits per heavy atom. The van der Waals surface area contributed by atoms with Crippen LogP contribution in [0.15, 0.2) is 42.5 Å². The maximum atomic E-state index is 6.03. The quantitative estimate of drug-likeness (QED) is 0.676. The number of rotatable bonds is 3. The van der Waals surface area contributed by atoms with E-state index in [1.807, 2.05) is 6.07 Å². The second-order valence-corrected chi connectivity index (χ2v) is 4.03. The standard InChI is InChI=1S/C14H18O/c1-2-7-13-10-6-11-14(15-13)12-8-4-3-5-9-12/h3-6,8-10,13-14H,2,7,11H2,1H3/t13-,14+/m0/s1. The summed E-state index contributed by atoms with van der Waals surface area (Å²) in [5, 5.41) is 0. The summed E-state index contributed by atoms with van der Waals surface area (Å²) in [7, 11) is 0. The molecule has 1 heterocycles. The third kappa shape index (κ3) is 2.69. The van der Waals surface area contributed by atoms with Gasteiger partial charge in [-0.1, -0.05) is 55.8 Å². The zero-order valence-corrected chi connectivity index (χ0v) is 9.23. The fourth-order valence-corrected chi connectivity index (χ4v) is 2.00. The van der Waals surface area contributed by atoms with Crippen LogP contribution in [0.2, 0.25) is 0 Å². The Balaban J connectivity index is 2.04. The second-order valence-electron chi connectivity index (χ2n) is 4.03. The van der Waals surface area contributed by atoms with Crippen LogP contribution in [0.5, 0.6) is 0 Å². The number of hydrogen-bond acceptors (Lipinski definition) is 1. The van der Waals surface area contributed by atoms with Gasteiger partial charge in [-0.15, -0.1) is 0 Å². The zero-order valence-electron chi connectivity index (χ0n) is 9.23. The summed E-state index contributed by atoms with van der Waals surface area (Å²) >= 11 is 0. The van der Waals surface area contributed by atoms with E-state index in [0.29, 0.717) is 6.10 Å². The van der Waals surface area contributed by atoms with Crippen LogP contribution < -0.4 is 0 Å². The van der Waals surface area contributed by atoms with Gasteiger partial charge in [-0.05, 0) is 18.4 Å². The first-order valence-corrected chi connectivity index (χ1v) is 5.77. The number of benzene rings is 1. The lowest BCUT2D eigenvalue weighted by Gasteiger charge is -2.26. The van der Waals surface area contributed by atoms with Crippen molar-refractivity contribution in [3.63, 3.8) is 0 Å². The highest BCUT2D eigenvalue weighted by Gasteiger charge is 2.18. The van der Waals surface area contributed by atoms with Gasteiger partial charge in [0.15, 0.2) is 0 Å². The second kappa shape index (κ2) is 5.13. The lowest BCUT2D eigenvalue weighted by atomic mass is 10.0. The first kappa shape index (κ1) is 10.4. The zero-order chi connectivity index (χ0) is 10.5. The van der Waals surface area contributed by atoms with E-state index in [1.165, 1.54) is 12.0 Å². The predicted molar refractivity (Wildman–Crippen MR) is 62.7 cm³/mol. The van der Waals surface area contributed by atoms with Crippen LogP contribution in [0.4, 0.5) is 0 Å². The third-order valence-corrected chi connectivity index (χ3v) is 2.78. The molecule has 1 aromatic rings. The average molecular weight is 202 g/mol. The monoisotopic (exact) mass is 202 g/mol. The van der Waals surface area contributed by atoms with E-state index >= 15 is 0 Å². The Morgan fingerprint density at radius 1 is 1.27 bits per heavy atom. The molecule has 0 N–H and O–H groups in total. The van der Waals surface area contributed by atoms with E-state index in [-0.39, 0.29) is 6.10 Å². The van der Waals surface area contributed by atoms with Crippen molar-refractivity contribution in [2.75, 3.05) is 0 Å². The smallest absolute Gasteiger partial charge is 0.0867 e. The SMILES string of the molecule is CCC[C@H]1C=CC[C@H](c2ccccc2)O1. The Bertz CT molecular complexity index is 315. The topological polar surface area (TPSA) is 9.23 Å². The molecule has 0 spiro atoms. The highest BCUT2D eigenvalue weighted by Crippen LogP contribution is 2.28. The molecule has 0 radical (unpaired) electrons. The van der Waals surface area contributed by atoms with Crippen molar-refractivity contribution in [2.24, 2.45) is 0 Å². The van der Waals surface area contributed by atoms with Crippen molar-refractivity contribution in [3.05, 3.63) is 48.0 Å². The van der Waals surface area contributed by atoms with Crippen LogP contribution in [-0.2, 0) is 4.74 Å². The van der Waals surface area contributed by atoms with Crippen LogP contribution in [0.3, 0.4) is 0 Å². The lowest BCUT2D eigenvalue weighted by Crippen LogP contribution is -2.18. The number of hydrogen-bond donors (Lipinski definition) is 0. The molecule has 0 amide bonds. The molecule has 0 aliphatic carbocycles. The van der Waals surface area contributed by atoms with Crippen molar-refractivity contribution in [3.8, 4) is 0 Å². The molecular formula is C14H18O. The molecule has 1 aliphatic heterocycles. The molecule has 2 atom stereocenters. The summed E-state index contributed by atoms with van der Waals surface area (Å²) in [6, 6.07) is 10.5. The molecule has 0 saturated carbocycles. The van der Waals surface area contributed by atoms with Gasteiger partial charge in [0.25, 0.3) is 0 Å². The van der Waals surface area contributed by atoms with Gasteiger partial charge in [0.1, 0.15) is 0 Å². The normalized spacial score (nSPS) is 25.4. The lowest BCUT2D eigenvalue weighted by molar-refractivity contribution is 0.000702. The predicted octanol–water partition coefficient (Wildman–Crippen LogP) is 3.87. The Labute approximate surface area is 91.8 Å². The minimum Gasteiger partial charge on any atom is -0.366 e. The van der Waals surface area contributed by atoms with Gasteiger partial charge in [-0.25, -0.2) is 0 Å². The Kier molecular flexibility index (Phi) is 3.57. The maximum Gasteiger partial charge on any atom is 0.0867 e. The highest BCUT2D eigenvalue weighted by atomic mass is 16.5. The summed E-state index contributed by atoms with van der Waals surface area (Å²) in [5.74, 6) is 0. The molecule has 0 bridgehead atoms. The fraction of sp³-hybridized carbons (Fsp3) is 0.429. The number of ether oxygens (including phenoxy) is 1. The minimum absolute atomic E-state index is 0.257. The van der Waals surface area contributed by atoms with E-state index < -0.39 is 0 Å². The van der Waals surface area contributed by atoms with E-state index in [9.17, 15) is 0 Å². The Hall–Kier alpha value is -1.08. The fourth-order valence-electron chi connectivity index (χ4n) is 2.00. The van der Waals surface area contributed by atoms with E-state index in [4.69, 9.17) is 4.74 Å². The summed E-state index contributed by atoms with van der Waals surface area (Å²) < 4.78 is 6.03. The van der Waals surface area contributed by atoms with Gasteiger partial charge in [-0.3, -0.25) is 0 Å². The van der Waals surface area contributed by atoms with Crippen LogP contribution >= 0.6 is 0 Å². The van der Waals surface area contributed by atoms with E-state index in [1.54, 1.807) is 0 Å². The first-order chi connectivity index (χ1) is 7.40. The molecule has 0 aromatic heterocycles. The van der Waals surface area contributed by atoms with Crippen LogP contribution in [0, 0.1) is 0 Å².